The molecule has 118 valence electrons. The molecule has 0 amide bonds. The second-order valence-electron chi connectivity index (χ2n) is 4.09. The van der Waals surface area contributed by atoms with E-state index >= 15 is 0 Å². The second-order valence-corrected chi connectivity index (χ2v) is 6.08. The lowest BCUT2D eigenvalue weighted by molar-refractivity contribution is -0.135. The molecule has 22 heavy (non-hydrogen) atoms. The normalized spacial score (nSPS) is 11.8. The molecule has 0 aliphatic rings. The van der Waals surface area contributed by atoms with E-state index in [1.54, 1.807) is 38.1 Å². The molecule has 0 atom stereocenters. The number of ether oxygens (including phenoxy) is 1. The van der Waals surface area contributed by atoms with Crippen molar-refractivity contribution in [2.24, 2.45) is 0 Å². The highest BCUT2D eigenvalue weighted by Crippen LogP contribution is 2.56. The summed E-state index contributed by atoms with van der Waals surface area (Å²) in [4.78, 5) is 12.0. The van der Waals surface area contributed by atoms with Crippen LogP contribution in [0.1, 0.15) is 25.0 Å². The Morgan fingerprint density at radius 3 is 2.18 bits per heavy atom. The maximum atomic E-state index is 12.8. The van der Waals surface area contributed by atoms with Gasteiger partial charge in [-0.05, 0) is 37.6 Å². The van der Waals surface area contributed by atoms with Gasteiger partial charge in [0.05, 0.1) is 32.0 Å². The van der Waals surface area contributed by atoms with E-state index in [1.807, 2.05) is 6.07 Å². The van der Waals surface area contributed by atoms with Crippen LogP contribution in [0.3, 0.4) is 0 Å². The highest BCUT2D eigenvalue weighted by Gasteiger charge is 2.35. The third-order valence-electron chi connectivity index (χ3n) is 2.63. The Balaban J connectivity index is 3.31. The van der Waals surface area contributed by atoms with Crippen LogP contribution >= 0.6 is 7.60 Å². The molecule has 0 spiro atoms. The Kier molecular flexibility index (Phi) is 7.00. The summed E-state index contributed by atoms with van der Waals surface area (Å²) in [6.07, 6.45) is 1.39. The lowest BCUT2D eigenvalue weighted by atomic mass is 10.1. The predicted octanol–water partition coefficient (Wildman–Crippen LogP) is 3.34. The predicted molar refractivity (Wildman–Crippen MR) is 82.0 cm³/mol. The van der Waals surface area contributed by atoms with Crippen LogP contribution in [0.2, 0.25) is 0 Å². The van der Waals surface area contributed by atoms with Gasteiger partial charge in [0.15, 0.2) is 0 Å². The first-order chi connectivity index (χ1) is 10.5. The SMILES string of the molecule is CCOP(=O)(OCC)/C(=C/c1ccc(C#N)cc1)C(=O)OC. The maximum absolute atomic E-state index is 12.8. The zero-order chi connectivity index (χ0) is 16.6. The summed E-state index contributed by atoms with van der Waals surface area (Å²) >= 11 is 0. The number of carbonyl (C=O) groups excluding carboxylic acids is 1. The Labute approximate surface area is 129 Å². The van der Waals surface area contributed by atoms with Crippen LogP contribution in [0.5, 0.6) is 0 Å². The highest BCUT2D eigenvalue weighted by atomic mass is 31.2. The second kappa shape index (κ2) is 8.50. The number of esters is 1. The van der Waals surface area contributed by atoms with Crippen molar-refractivity contribution in [2.45, 2.75) is 13.8 Å². The number of rotatable bonds is 7. The fourth-order valence-electron chi connectivity index (χ4n) is 1.68. The summed E-state index contributed by atoms with van der Waals surface area (Å²) in [5.41, 5.74) is 1.06. The first-order valence-electron chi connectivity index (χ1n) is 6.70. The molecule has 0 fully saturated rings. The number of nitriles is 1. The van der Waals surface area contributed by atoms with E-state index in [-0.39, 0.29) is 18.5 Å². The van der Waals surface area contributed by atoms with Gasteiger partial charge in [-0.1, -0.05) is 12.1 Å². The van der Waals surface area contributed by atoms with Gasteiger partial charge in [-0.3, -0.25) is 4.57 Å². The molecular weight excluding hydrogens is 305 g/mol. The minimum absolute atomic E-state index is 0.124. The number of methoxy groups -OCH3 is 1. The fourth-order valence-corrected chi connectivity index (χ4v) is 3.34. The third-order valence-corrected chi connectivity index (χ3v) is 4.73. The molecule has 1 aromatic carbocycles. The first-order valence-corrected chi connectivity index (χ1v) is 8.24. The van der Waals surface area contributed by atoms with Crippen molar-refractivity contribution in [1.29, 1.82) is 5.26 Å². The lowest BCUT2D eigenvalue weighted by Crippen LogP contribution is -2.09. The summed E-state index contributed by atoms with van der Waals surface area (Å²) < 4.78 is 27.8. The first kappa shape index (κ1) is 18.1. The van der Waals surface area contributed by atoms with E-state index in [9.17, 15) is 9.36 Å². The summed E-state index contributed by atoms with van der Waals surface area (Å²) in [5.74, 6) is -0.783. The quantitative estimate of drug-likeness (QED) is 0.434. The van der Waals surface area contributed by atoms with Crippen molar-refractivity contribution in [1.82, 2.24) is 0 Å². The van der Waals surface area contributed by atoms with E-state index in [2.05, 4.69) is 4.74 Å². The van der Waals surface area contributed by atoms with E-state index in [0.29, 0.717) is 11.1 Å². The molecular formula is C15H18NO5P. The van der Waals surface area contributed by atoms with Gasteiger partial charge < -0.3 is 13.8 Å². The minimum Gasteiger partial charge on any atom is -0.465 e. The minimum atomic E-state index is -3.76. The summed E-state index contributed by atoms with van der Waals surface area (Å²) in [6, 6.07) is 8.43. The van der Waals surface area contributed by atoms with Crippen LogP contribution in [-0.4, -0.2) is 26.3 Å². The molecule has 0 aliphatic carbocycles. The summed E-state index contributed by atoms with van der Waals surface area (Å²) in [7, 11) is -2.57. The Morgan fingerprint density at radius 1 is 1.23 bits per heavy atom. The summed E-state index contributed by atoms with van der Waals surface area (Å²) in [5, 5.41) is 8.60. The Bertz CT molecular complexity index is 620. The van der Waals surface area contributed by atoms with Crippen LogP contribution < -0.4 is 0 Å². The maximum Gasteiger partial charge on any atom is 0.368 e. The van der Waals surface area contributed by atoms with Crippen molar-refractivity contribution in [3.8, 4) is 6.07 Å². The van der Waals surface area contributed by atoms with Crippen molar-refractivity contribution >= 4 is 19.6 Å². The molecule has 6 nitrogen and oxygen atoms in total. The smallest absolute Gasteiger partial charge is 0.368 e. The number of carbonyl (C=O) groups is 1. The Hall–Kier alpha value is -1.93. The van der Waals surface area contributed by atoms with E-state index in [0.717, 1.165) is 0 Å². The average molecular weight is 323 g/mol. The van der Waals surface area contributed by atoms with Crippen molar-refractivity contribution in [3.05, 3.63) is 40.7 Å². The van der Waals surface area contributed by atoms with E-state index in [4.69, 9.17) is 14.3 Å². The molecule has 0 N–H and O–H groups in total. The molecule has 0 unspecified atom stereocenters. The van der Waals surface area contributed by atoms with Crippen LogP contribution in [0.15, 0.2) is 29.6 Å². The van der Waals surface area contributed by atoms with E-state index in [1.165, 1.54) is 13.2 Å². The van der Waals surface area contributed by atoms with Crippen LogP contribution in [0.25, 0.3) is 6.08 Å². The van der Waals surface area contributed by atoms with Crippen molar-refractivity contribution in [3.63, 3.8) is 0 Å². The molecule has 0 heterocycles. The zero-order valence-corrected chi connectivity index (χ0v) is 13.6. The summed E-state index contributed by atoms with van der Waals surface area (Å²) in [6.45, 7) is 3.56. The fraction of sp³-hybridized carbons (Fsp3) is 0.333. The van der Waals surface area contributed by atoms with Gasteiger partial charge in [0.25, 0.3) is 0 Å². The molecule has 1 rings (SSSR count). The van der Waals surface area contributed by atoms with Crippen LogP contribution in [0.4, 0.5) is 0 Å². The van der Waals surface area contributed by atoms with Crippen LogP contribution in [-0.2, 0) is 23.1 Å². The van der Waals surface area contributed by atoms with Gasteiger partial charge >= 0.3 is 13.6 Å². The number of nitrogens with zero attached hydrogens (tertiary/aromatic N) is 1. The Morgan fingerprint density at radius 2 is 1.77 bits per heavy atom. The standard InChI is InChI=1S/C15H18NO5P/c1-4-20-22(18,21-5-2)14(15(17)19-3)10-12-6-8-13(11-16)9-7-12/h6-10H,4-5H2,1-3H3/b14-10+. The molecule has 0 aromatic heterocycles. The van der Waals surface area contributed by atoms with Crippen molar-refractivity contribution in [2.75, 3.05) is 20.3 Å². The molecule has 0 saturated carbocycles. The number of hydrogen-bond donors (Lipinski definition) is 0. The molecule has 0 aliphatic heterocycles. The number of benzene rings is 1. The van der Waals surface area contributed by atoms with Gasteiger partial charge in [-0.15, -0.1) is 0 Å². The molecule has 0 saturated heterocycles. The van der Waals surface area contributed by atoms with Gasteiger partial charge in [0, 0.05) is 0 Å². The lowest BCUT2D eigenvalue weighted by Gasteiger charge is -2.18. The van der Waals surface area contributed by atoms with Gasteiger partial charge in [0.2, 0.25) is 0 Å². The van der Waals surface area contributed by atoms with Crippen molar-refractivity contribution < 1.29 is 23.1 Å². The molecule has 1 aromatic rings. The molecule has 0 radical (unpaired) electrons. The largest absolute Gasteiger partial charge is 0.465 e. The highest BCUT2D eigenvalue weighted by molar-refractivity contribution is 7.60. The monoisotopic (exact) mass is 323 g/mol. The molecule has 0 bridgehead atoms. The number of hydrogen-bond acceptors (Lipinski definition) is 6. The topological polar surface area (TPSA) is 85.6 Å². The third kappa shape index (κ3) is 4.54. The zero-order valence-electron chi connectivity index (χ0n) is 12.7. The van der Waals surface area contributed by atoms with E-state index < -0.39 is 13.6 Å². The van der Waals surface area contributed by atoms with Crippen LogP contribution in [0, 0.1) is 11.3 Å². The van der Waals surface area contributed by atoms with Gasteiger partial charge in [-0.2, -0.15) is 5.26 Å². The average Bonchev–Trinajstić information content (AvgIpc) is 2.52. The molecule has 7 heteroatoms. The van der Waals surface area contributed by atoms with Gasteiger partial charge in [-0.25, -0.2) is 4.79 Å². The van der Waals surface area contributed by atoms with Gasteiger partial charge in [0.1, 0.15) is 5.31 Å².